The number of allylic oxidation sites excluding steroid dienone is 1. The smallest absolute Gasteiger partial charge is 0.247 e. The summed E-state index contributed by atoms with van der Waals surface area (Å²) in [6, 6.07) is 7.73. The van der Waals surface area contributed by atoms with Gasteiger partial charge in [0.1, 0.15) is 5.75 Å². The summed E-state index contributed by atoms with van der Waals surface area (Å²) in [6.07, 6.45) is 4.46. The van der Waals surface area contributed by atoms with Gasteiger partial charge in [-0.15, -0.1) is 10.2 Å². The maximum absolute atomic E-state index is 6.04. The molecule has 1 fully saturated rings. The molecule has 0 saturated carbocycles. The minimum atomic E-state index is 0.446. The molecule has 0 spiro atoms. The second-order valence-corrected chi connectivity index (χ2v) is 10.0. The quantitative estimate of drug-likeness (QED) is 0.416. The molecule has 4 rings (SSSR count). The molecule has 186 valence electrons. The minimum Gasteiger partial charge on any atom is -0.497 e. The van der Waals surface area contributed by atoms with Crippen LogP contribution < -0.4 is 10.1 Å². The number of ether oxygens (including phenoxy) is 2. The molecule has 0 amide bonds. The van der Waals surface area contributed by atoms with Crippen molar-refractivity contribution in [1.82, 2.24) is 20.4 Å². The first kappa shape index (κ1) is 24.9. The molecule has 3 atom stereocenters. The van der Waals surface area contributed by atoms with Gasteiger partial charge in [-0.05, 0) is 61.3 Å². The molecule has 0 bridgehead atoms. The fourth-order valence-electron chi connectivity index (χ4n) is 5.24. The monoisotopic (exact) mass is 468 g/mol. The van der Waals surface area contributed by atoms with E-state index in [4.69, 9.17) is 13.9 Å². The summed E-state index contributed by atoms with van der Waals surface area (Å²) in [7, 11) is 1.66. The zero-order valence-electron chi connectivity index (χ0n) is 21.1. The van der Waals surface area contributed by atoms with Crippen molar-refractivity contribution in [3.05, 3.63) is 41.8 Å². The summed E-state index contributed by atoms with van der Waals surface area (Å²) < 4.78 is 16.7. The predicted molar refractivity (Wildman–Crippen MR) is 134 cm³/mol. The van der Waals surface area contributed by atoms with Crippen LogP contribution in [-0.2, 0) is 11.2 Å². The Balaban J connectivity index is 1.33. The van der Waals surface area contributed by atoms with Crippen LogP contribution >= 0.6 is 0 Å². The van der Waals surface area contributed by atoms with Gasteiger partial charge in [-0.1, -0.05) is 25.5 Å². The second kappa shape index (κ2) is 12.0. The highest BCUT2D eigenvalue weighted by atomic mass is 16.5. The van der Waals surface area contributed by atoms with Gasteiger partial charge in [-0.25, -0.2) is 0 Å². The van der Waals surface area contributed by atoms with Gasteiger partial charge in [-0.3, -0.25) is 4.90 Å². The number of methoxy groups -OCH3 is 1. The van der Waals surface area contributed by atoms with Crippen LogP contribution in [-0.4, -0.2) is 68.1 Å². The molecule has 1 saturated heterocycles. The van der Waals surface area contributed by atoms with Gasteiger partial charge < -0.3 is 19.2 Å². The van der Waals surface area contributed by atoms with Crippen molar-refractivity contribution >= 4 is 0 Å². The van der Waals surface area contributed by atoms with E-state index in [0.29, 0.717) is 35.5 Å². The molecule has 7 heteroatoms. The van der Waals surface area contributed by atoms with Crippen LogP contribution in [0, 0.1) is 23.7 Å². The Morgan fingerprint density at radius 3 is 2.62 bits per heavy atom. The molecule has 2 heterocycles. The maximum atomic E-state index is 6.04. The molecule has 2 aliphatic rings. The summed E-state index contributed by atoms with van der Waals surface area (Å²) in [5.41, 5.74) is 2.36. The average Bonchev–Trinajstić information content (AvgIpc) is 3.32. The van der Waals surface area contributed by atoms with Crippen molar-refractivity contribution in [2.24, 2.45) is 23.7 Å². The molecule has 0 unspecified atom stereocenters. The van der Waals surface area contributed by atoms with Crippen molar-refractivity contribution < 1.29 is 13.9 Å². The number of rotatable bonds is 10. The zero-order chi connectivity index (χ0) is 23.9. The van der Waals surface area contributed by atoms with Crippen molar-refractivity contribution in [1.29, 1.82) is 0 Å². The summed E-state index contributed by atoms with van der Waals surface area (Å²) in [5.74, 6) is 4.39. The molecule has 0 radical (unpaired) electrons. The Hall–Kier alpha value is -2.22. The first-order valence-electron chi connectivity index (χ1n) is 12.7. The Bertz CT molecular complexity index is 918. The third kappa shape index (κ3) is 6.46. The van der Waals surface area contributed by atoms with E-state index < -0.39 is 0 Å². The van der Waals surface area contributed by atoms with Gasteiger partial charge in [0.05, 0.1) is 20.3 Å². The number of hydrogen-bond donors (Lipinski definition) is 1. The summed E-state index contributed by atoms with van der Waals surface area (Å²) in [5, 5.41) is 12.4. The standard InChI is InChI=1S/C27H40N4O3/c1-19(2)25-16-22(17-26-29-30-27(34-26)21-5-7-24(32-4)8-6-21)20(3)15-23(25)18-28-9-10-31-11-13-33-14-12-31/h5-8,15,19,22-23,25,28H,9-14,16-18H2,1-4H3/t22-,23-,25-/m0/s1. The molecular formula is C27H40N4O3. The van der Waals surface area contributed by atoms with Crippen LogP contribution in [0.3, 0.4) is 0 Å². The Kier molecular flexibility index (Phi) is 8.75. The lowest BCUT2D eigenvalue weighted by molar-refractivity contribution is 0.0382. The van der Waals surface area contributed by atoms with Crippen LogP contribution in [0.5, 0.6) is 5.75 Å². The third-order valence-electron chi connectivity index (χ3n) is 7.40. The largest absolute Gasteiger partial charge is 0.497 e. The Morgan fingerprint density at radius 1 is 1.15 bits per heavy atom. The van der Waals surface area contributed by atoms with Gasteiger partial charge in [-0.2, -0.15) is 0 Å². The van der Waals surface area contributed by atoms with Gasteiger partial charge >= 0.3 is 0 Å². The lowest BCUT2D eigenvalue weighted by Gasteiger charge is -2.37. The number of hydrogen-bond acceptors (Lipinski definition) is 7. The second-order valence-electron chi connectivity index (χ2n) is 10.0. The molecular weight excluding hydrogens is 428 g/mol. The van der Waals surface area contributed by atoms with Gasteiger partial charge in [0.15, 0.2) is 0 Å². The summed E-state index contributed by atoms with van der Waals surface area (Å²) >= 11 is 0. The lowest BCUT2D eigenvalue weighted by atomic mass is 9.70. The first-order chi connectivity index (χ1) is 16.5. The number of morpholine rings is 1. The Labute approximate surface area is 203 Å². The van der Waals surface area contributed by atoms with Gasteiger partial charge in [0, 0.05) is 44.7 Å². The van der Waals surface area contributed by atoms with Crippen molar-refractivity contribution in [3.63, 3.8) is 0 Å². The predicted octanol–water partition coefficient (Wildman–Crippen LogP) is 4.06. The number of nitrogens with zero attached hydrogens (tertiary/aromatic N) is 3. The van der Waals surface area contributed by atoms with Crippen molar-refractivity contribution in [2.45, 2.75) is 33.6 Å². The van der Waals surface area contributed by atoms with E-state index in [1.165, 1.54) is 5.57 Å². The normalized spacial score (nSPS) is 23.8. The lowest BCUT2D eigenvalue weighted by Crippen LogP contribution is -2.42. The van der Waals surface area contributed by atoms with Crippen LogP contribution in [0.2, 0.25) is 0 Å². The van der Waals surface area contributed by atoms with Crippen LogP contribution in [0.4, 0.5) is 0 Å². The highest BCUT2D eigenvalue weighted by Crippen LogP contribution is 2.38. The highest BCUT2D eigenvalue weighted by molar-refractivity contribution is 5.53. The molecule has 34 heavy (non-hydrogen) atoms. The van der Waals surface area contributed by atoms with E-state index in [1.54, 1.807) is 7.11 Å². The zero-order valence-corrected chi connectivity index (χ0v) is 21.1. The van der Waals surface area contributed by atoms with Crippen molar-refractivity contribution in [2.75, 3.05) is 53.0 Å². The Morgan fingerprint density at radius 2 is 1.91 bits per heavy atom. The van der Waals surface area contributed by atoms with E-state index in [1.807, 2.05) is 24.3 Å². The van der Waals surface area contributed by atoms with Gasteiger partial charge in [0.25, 0.3) is 0 Å². The van der Waals surface area contributed by atoms with Crippen LogP contribution in [0.25, 0.3) is 11.5 Å². The number of nitrogens with one attached hydrogen (secondary N) is 1. The van der Waals surface area contributed by atoms with E-state index >= 15 is 0 Å². The van der Waals surface area contributed by atoms with E-state index in [2.05, 4.69) is 47.3 Å². The SMILES string of the molecule is COc1ccc(-c2nnc(C[C@@H]3C[C@@H](C(C)C)[C@H](CNCCN4CCOCC4)C=C3C)o2)cc1. The molecule has 1 aromatic carbocycles. The molecule has 1 aliphatic carbocycles. The molecule has 2 aromatic rings. The average molecular weight is 469 g/mol. The maximum Gasteiger partial charge on any atom is 0.247 e. The van der Waals surface area contributed by atoms with Gasteiger partial charge in [0.2, 0.25) is 11.8 Å². The van der Waals surface area contributed by atoms with Crippen LogP contribution in [0.1, 0.15) is 33.1 Å². The number of aromatic nitrogens is 2. The fourth-order valence-corrected chi connectivity index (χ4v) is 5.24. The number of benzene rings is 1. The van der Waals surface area contributed by atoms with E-state index in [-0.39, 0.29) is 0 Å². The van der Waals surface area contributed by atoms with E-state index in [9.17, 15) is 0 Å². The molecule has 7 nitrogen and oxygen atoms in total. The van der Waals surface area contributed by atoms with Crippen LogP contribution in [0.15, 0.2) is 40.3 Å². The summed E-state index contributed by atoms with van der Waals surface area (Å²) in [4.78, 5) is 2.49. The van der Waals surface area contributed by atoms with E-state index in [0.717, 1.165) is 70.1 Å². The first-order valence-corrected chi connectivity index (χ1v) is 12.7. The van der Waals surface area contributed by atoms with Crippen molar-refractivity contribution in [3.8, 4) is 17.2 Å². The molecule has 1 N–H and O–H groups in total. The molecule has 1 aromatic heterocycles. The third-order valence-corrected chi connectivity index (χ3v) is 7.40. The highest BCUT2D eigenvalue weighted by Gasteiger charge is 2.32. The molecule has 1 aliphatic heterocycles. The fraction of sp³-hybridized carbons (Fsp3) is 0.630. The minimum absolute atomic E-state index is 0.446. The topological polar surface area (TPSA) is 72.7 Å². The summed E-state index contributed by atoms with van der Waals surface area (Å²) in [6.45, 7) is 14.0.